The van der Waals surface area contributed by atoms with Crippen LogP contribution in [0.2, 0.25) is 5.02 Å². The van der Waals surface area contributed by atoms with E-state index in [0.717, 1.165) is 5.56 Å². The van der Waals surface area contributed by atoms with Gasteiger partial charge >= 0.3 is 0 Å². The topological polar surface area (TPSA) is 89.0 Å². The van der Waals surface area contributed by atoms with Crippen LogP contribution in [0.3, 0.4) is 0 Å². The molecule has 3 aromatic rings. The summed E-state index contributed by atoms with van der Waals surface area (Å²) in [5, 5.41) is 7.29. The molecule has 36 heavy (non-hydrogen) atoms. The van der Waals surface area contributed by atoms with Crippen LogP contribution in [0.4, 0.5) is 4.39 Å². The summed E-state index contributed by atoms with van der Waals surface area (Å²) in [7, 11) is 1.53. The Morgan fingerprint density at radius 3 is 2.44 bits per heavy atom. The average Bonchev–Trinajstić information content (AvgIpc) is 2.87. The van der Waals surface area contributed by atoms with Crippen LogP contribution in [0, 0.1) is 11.7 Å². The van der Waals surface area contributed by atoms with Gasteiger partial charge in [-0.3, -0.25) is 9.59 Å². The van der Waals surface area contributed by atoms with Crippen molar-refractivity contribution in [2.75, 3.05) is 7.11 Å². The van der Waals surface area contributed by atoms with Crippen molar-refractivity contribution in [3.8, 4) is 11.5 Å². The van der Waals surface area contributed by atoms with E-state index in [9.17, 15) is 14.0 Å². The predicted molar refractivity (Wildman–Crippen MR) is 137 cm³/mol. The smallest absolute Gasteiger partial charge is 0.262 e. The van der Waals surface area contributed by atoms with E-state index in [2.05, 4.69) is 15.8 Å². The van der Waals surface area contributed by atoms with Crippen LogP contribution in [0.5, 0.6) is 11.5 Å². The number of amides is 2. The Labute approximate surface area is 214 Å². The highest BCUT2D eigenvalue weighted by molar-refractivity contribution is 6.31. The van der Waals surface area contributed by atoms with Crippen molar-refractivity contribution in [1.29, 1.82) is 0 Å². The molecule has 0 aromatic heterocycles. The third kappa shape index (κ3) is 7.29. The van der Waals surface area contributed by atoms with Crippen molar-refractivity contribution in [3.63, 3.8) is 0 Å². The van der Waals surface area contributed by atoms with E-state index in [4.69, 9.17) is 21.1 Å². The molecule has 0 bridgehead atoms. The molecule has 7 nitrogen and oxygen atoms in total. The summed E-state index contributed by atoms with van der Waals surface area (Å²) in [4.78, 5) is 25.1. The molecule has 0 radical (unpaired) electrons. The van der Waals surface area contributed by atoms with Crippen molar-refractivity contribution in [1.82, 2.24) is 10.7 Å². The van der Waals surface area contributed by atoms with E-state index >= 15 is 0 Å². The van der Waals surface area contributed by atoms with Gasteiger partial charge in [0.25, 0.3) is 11.8 Å². The van der Waals surface area contributed by atoms with E-state index in [-0.39, 0.29) is 18.1 Å². The maximum atomic E-state index is 13.1. The zero-order valence-electron chi connectivity index (χ0n) is 20.1. The van der Waals surface area contributed by atoms with Crippen molar-refractivity contribution >= 4 is 29.6 Å². The van der Waals surface area contributed by atoms with Crippen LogP contribution in [-0.2, 0) is 11.4 Å². The first-order chi connectivity index (χ1) is 17.3. The fraction of sp³-hybridized carbons (Fsp3) is 0.222. The zero-order valence-corrected chi connectivity index (χ0v) is 20.9. The van der Waals surface area contributed by atoms with Gasteiger partial charge in [-0.25, -0.2) is 9.82 Å². The van der Waals surface area contributed by atoms with Gasteiger partial charge in [0.15, 0.2) is 11.5 Å². The van der Waals surface area contributed by atoms with Gasteiger partial charge in [0.2, 0.25) is 0 Å². The summed E-state index contributed by atoms with van der Waals surface area (Å²) in [6.07, 6.45) is 1.46. The van der Waals surface area contributed by atoms with Crippen LogP contribution in [0.15, 0.2) is 71.8 Å². The summed E-state index contributed by atoms with van der Waals surface area (Å²) in [5.74, 6) is -0.602. The lowest BCUT2D eigenvalue weighted by Gasteiger charge is -2.20. The molecule has 2 amide bonds. The van der Waals surface area contributed by atoms with Crippen LogP contribution < -0.4 is 20.2 Å². The van der Waals surface area contributed by atoms with E-state index in [1.807, 2.05) is 18.2 Å². The molecular formula is C27H27ClFN3O4. The second-order valence-electron chi connectivity index (χ2n) is 8.23. The zero-order chi connectivity index (χ0) is 26.1. The van der Waals surface area contributed by atoms with Crippen LogP contribution in [0.25, 0.3) is 0 Å². The maximum Gasteiger partial charge on any atom is 0.262 e. The van der Waals surface area contributed by atoms with E-state index in [1.54, 1.807) is 38.1 Å². The number of carbonyl (C=O) groups is 2. The number of hydrogen-bond acceptors (Lipinski definition) is 5. The first kappa shape index (κ1) is 26.7. The molecule has 0 spiro atoms. The molecule has 0 saturated heterocycles. The van der Waals surface area contributed by atoms with Gasteiger partial charge in [0, 0.05) is 16.1 Å². The Kier molecular flexibility index (Phi) is 9.41. The monoisotopic (exact) mass is 511 g/mol. The Bertz CT molecular complexity index is 1230. The number of carbonyl (C=O) groups excluding carboxylic acids is 2. The number of benzene rings is 3. The minimum Gasteiger partial charge on any atom is -0.493 e. The van der Waals surface area contributed by atoms with Gasteiger partial charge in [-0.05, 0) is 60.0 Å². The van der Waals surface area contributed by atoms with Crippen molar-refractivity contribution < 1.29 is 23.5 Å². The van der Waals surface area contributed by atoms with E-state index in [0.29, 0.717) is 22.1 Å². The van der Waals surface area contributed by atoms with Crippen molar-refractivity contribution in [2.24, 2.45) is 11.0 Å². The number of nitrogens with zero attached hydrogens (tertiary/aromatic N) is 1. The lowest BCUT2D eigenvalue weighted by atomic mass is 10.0. The van der Waals surface area contributed by atoms with Gasteiger partial charge in [-0.2, -0.15) is 5.10 Å². The first-order valence-corrected chi connectivity index (χ1v) is 11.6. The average molecular weight is 512 g/mol. The molecule has 0 aliphatic carbocycles. The summed E-state index contributed by atoms with van der Waals surface area (Å²) in [5.41, 5.74) is 4.21. The Morgan fingerprint density at radius 2 is 1.78 bits per heavy atom. The second kappa shape index (κ2) is 12.7. The minimum atomic E-state index is -0.838. The predicted octanol–water partition coefficient (Wildman–Crippen LogP) is 4.97. The third-order valence-electron chi connectivity index (χ3n) is 5.26. The van der Waals surface area contributed by atoms with Gasteiger partial charge in [0.1, 0.15) is 18.5 Å². The largest absolute Gasteiger partial charge is 0.493 e. The molecular weight excluding hydrogens is 485 g/mol. The van der Waals surface area contributed by atoms with Crippen LogP contribution >= 0.6 is 11.6 Å². The third-order valence-corrected chi connectivity index (χ3v) is 5.63. The number of hydrogen-bond donors (Lipinski definition) is 2. The first-order valence-electron chi connectivity index (χ1n) is 11.2. The molecule has 1 unspecified atom stereocenters. The minimum absolute atomic E-state index is 0.209. The van der Waals surface area contributed by atoms with E-state index < -0.39 is 23.7 Å². The molecule has 188 valence electrons. The summed E-state index contributed by atoms with van der Waals surface area (Å²) in [6, 6.07) is 16.9. The highest BCUT2D eigenvalue weighted by atomic mass is 35.5. The standard InChI is InChI=1S/C27H27ClFN3O4/c1-17(2)25(31-26(33)19-9-11-21(29)12-10-19)27(34)32-30-15-18-8-13-23(24(14-18)35-3)36-16-20-6-4-5-7-22(20)28/h4-15,17,25H,16H2,1-3H3,(H,31,33)(H,32,34). The summed E-state index contributed by atoms with van der Waals surface area (Å²) in [6.45, 7) is 3.87. The molecule has 0 saturated carbocycles. The van der Waals surface area contributed by atoms with Gasteiger partial charge in [-0.1, -0.05) is 43.6 Å². The number of methoxy groups -OCH3 is 1. The number of rotatable bonds is 10. The summed E-state index contributed by atoms with van der Waals surface area (Å²) >= 11 is 6.18. The van der Waals surface area contributed by atoms with Crippen molar-refractivity contribution in [3.05, 3.63) is 94.3 Å². The lowest BCUT2D eigenvalue weighted by molar-refractivity contribution is -0.123. The molecule has 0 aliphatic heterocycles. The molecule has 9 heteroatoms. The Hall–Kier alpha value is -3.91. The molecule has 0 fully saturated rings. The molecule has 0 aliphatic rings. The SMILES string of the molecule is COc1cc(C=NNC(=O)C(NC(=O)c2ccc(F)cc2)C(C)C)ccc1OCc1ccccc1Cl. The van der Waals surface area contributed by atoms with E-state index in [1.165, 1.54) is 37.6 Å². The highest BCUT2D eigenvalue weighted by Crippen LogP contribution is 2.29. The summed E-state index contributed by atoms with van der Waals surface area (Å²) < 4.78 is 24.4. The number of ether oxygens (including phenoxy) is 2. The lowest BCUT2D eigenvalue weighted by Crippen LogP contribution is -2.48. The van der Waals surface area contributed by atoms with Gasteiger partial charge in [0.05, 0.1) is 13.3 Å². The van der Waals surface area contributed by atoms with Crippen LogP contribution in [0.1, 0.15) is 35.3 Å². The quantitative estimate of drug-likeness (QED) is 0.297. The fourth-order valence-electron chi connectivity index (χ4n) is 3.26. The second-order valence-corrected chi connectivity index (χ2v) is 8.63. The Morgan fingerprint density at radius 1 is 1.06 bits per heavy atom. The van der Waals surface area contributed by atoms with Gasteiger partial charge < -0.3 is 14.8 Å². The maximum absolute atomic E-state index is 13.1. The molecule has 0 heterocycles. The fourth-order valence-corrected chi connectivity index (χ4v) is 3.45. The van der Waals surface area contributed by atoms with Crippen LogP contribution in [-0.4, -0.2) is 31.2 Å². The molecule has 2 N–H and O–H groups in total. The molecule has 1 atom stereocenters. The normalized spacial score (nSPS) is 11.8. The Balaban J connectivity index is 1.61. The number of halogens is 2. The number of nitrogens with one attached hydrogen (secondary N) is 2. The highest BCUT2D eigenvalue weighted by Gasteiger charge is 2.24. The van der Waals surface area contributed by atoms with Crippen molar-refractivity contribution in [2.45, 2.75) is 26.5 Å². The van der Waals surface area contributed by atoms with Gasteiger partial charge in [-0.15, -0.1) is 0 Å². The molecule has 3 rings (SSSR count). The molecule has 3 aromatic carbocycles. The number of hydrazone groups is 1.